The van der Waals surface area contributed by atoms with Crippen molar-refractivity contribution in [1.82, 2.24) is 9.97 Å². The van der Waals surface area contributed by atoms with E-state index in [1.54, 1.807) is 12.5 Å². The molecule has 3 rings (SSSR count). The van der Waals surface area contributed by atoms with Crippen LogP contribution in [-0.2, 0) is 11.3 Å². The van der Waals surface area contributed by atoms with E-state index >= 15 is 0 Å². The van der Waals surface area contributed by atoms with Crippen LogP contribution in [0.15, 0.2) is 36.9 Å². The highest BCUT2D eigenvalue weighted by atomic mass is 16.5. The maximum absolute atomic E-state index is 5.47. The molecule has 0 saturated heterocycles. The molecule has 80 valence electrons. The van der Waals surface area contributed by atoms with Crippen molar-refractivity contribution in [2.75, 3.05) is 0 Å². The van der Waals surface area contributed by atoms with Crippen molar-refractivity contribution >= 4 is 5.57 Å². The second-order valence-corrected chi connectivity index (χ2v) is 3.94. The van der Waals surface area contributed by atoms with Gasteiger partial charge in [0.15, 0.2) is 0 Å². The van der Waals surface area contributed by atoms with E-state index in [0.717, 1.165) is 11.4 Å². The zero-order valence-corrected chi connectivity index (χ0v) is 9.03. The molecule has 0 amide bonds. The summed E-state index contributed by atoms with van der Waals surface area (Å²) < 4.78 is 5.47. The highest BCUT2D eigenvalue weighted by Crippen LogP contribution is 2.29. The number of benzene rings is 1. The first-order valence-corrected chi connectivity index (χ1v) is 5.26. The summed E-state index contributed by atoms with van der Waals surface area (Å²) in [7, 11) is 0. The minimum Gasteiger partial charge on any atom is -0.496 e. The van der Waals surface area contributed by atoms with Gasteiger partial charge in [-0.1, -0.05) is 23.8 Å². The van der Waals surface area contributed by atoms with Gasteiger partial charge in [0.2, 0.25) is 0 Å². The third-order valence-electron chi connectivity index (χ3n) is 2.74. The van der Waals surface area contributed by atoms with Crippen LogP contribution in [0, 0.1) is 6.92 Å². The number of aromatic nitrogens is 2. The van der Waals surface area contributed by atoms with Gasteiger partial charge in [-0.15, -0.1) is 0 Å². The summed E-state index contributed by atoms with van der Waals surface area (Å²) in [5.41, 5.74) is 4.69. The minimum atomic E-state index is 0.640. The Morgan fingerprint density at radius 2 is 2.31 bits per heavy atom. The maximum atomic E-state index is 5.47. The van der Waals surface area contributed by atoms with Crippen LogP contribution in [-0.4, -0.2) is 9.97 Å². The quantitative estimate of drug-likeness (QED) is 0.789. The van der Waals surface area contributed by atoms with Gasteiger partial charge in [0.05, 0.1) is 11.8 Å². The standard InChI is InChI=1S/C13H12N2O/c1-9-2-3-11-10(6-9)7-16-8-12(11)13-14-4-5-15-13/h2-6,8H,7H2,1H3,(H,14,15). The number of hydrogen-bond acceptors (Lipinski definition) is 2. The van der Waals surface area contributed by atoms with E-state index in [2.05, 4.69) is 35.1 Å². The number of nitrogens with zero attached hydrogens (tertiary/aromatic N) is 1. The number of aromatic amines is 1. The third-order valence-corrected chi connectivity index (χ3v) is 2.74. The molecule has 2 heterocycles. The van der Waals surface area contributed by atoms with Gasteiger partial charge in [0.1, 0.15) is 12.4 Å². The third kappa shape index (κ3) is 1.41. The molecular weight excluding hydrogens is 200 g/mol. The van der Waals surface area contributed by atoms with Crippen molar-refractivity contribution in [2.45, 2.75) is 13.5 Å². The number of imidazole rings is 1. The van der Waals surface area contributed by atoms with Gasteiger partial charge in [0, 0.05) is 12.4 Å². The number of fused-ring (bicyclic) bond motifs is 1. The molecule has 1 aliphatic rings. The van der Waals surface area contributed by atoms with E-state index in [4.69, 9.17) is 4.74 Å². The lowest BCUT2D eigenvalue weighted by Crippen LogP contribution is -2.04. The number of rotatable bonds is 1. The van der Waals surface area contributed by atoms with Crippen molar-refractivity contribution in [3.8, 4) is 0 Å². The lowest BCUT2D eigenvalue weighted by atomic mass is 9.97. The minimum absolute atomic E-state index is 0.640. The van der Waals surface area contributed by atoms with Crippen LogP contribution < -0.4 is 0 Å². The average molecular weight is 212 g/mol. The largest absolute Gasteiger partial charge is 0.496 e. The Labute approximate surface area is 93.8 Å². The summed E-state index contributed by atoms with van der Waals surface area (Å²) in [4.78, 5) is 7.36. The second kappa shape index (κ2) is 3.52. The second-order valence-electron chi connectivity index (χ2n) is 3.94. The van der Waals surface area contributed by atoms with Crippen molar-refractivity contribution in [3.63, 3.8) is 0 Å². The maximum Gasteiger partial charge on any atom is 0.140 e. The smallest absolute Gasteiger partial charge is 0.140 e. The highest BCUT2D eigenvalue weighted by Gasteiger charge is 2.16. The summed E-state index contributed by atoms with van der Waals surface area (Å²) in [6.07, 6.45) is 5.34. The van der Waals surface area contributed by atoms with Gasteiger partial charge in [-0.25, -0.2) is 4.98 Å². The summed E-state index contributed by atoms with van der Waals surface area (Å²) in [5, 5.41) is 0. The molecule has 1 aliphatic heterocycles. The molecule has 3 heteroatoms. The number of hydrogen-bond donors (Lipinski definition) is 1. The molecule has 0 atom stereocenters. The molecule has 16 heavy (non-hydrogen) atoms. The monoisotopic (exact) mass is 212 g/mol. The van der Waals surface area contributed by atoms with Crippen molar-refractivity contribution in [1.29, 1.82) is 0 Å². The fraction of sp³-hybridized carbons (Fsp3) is 0.154. The van der Waals surface area contributed by atoms with Gasteiger partial charge in [-0.3, -0.25) is 0 Å². The zero-order valence-electron chi connectivity index (χ0n) is 9.03. The summed E-state index contributed by atoms with van der Waals surface area (Å²) >= 11 is 0. The van der Waals surface area contributed by atoms with Gasteiger partial charge < -0.3 is 9.72 Å². The molecule has 0 spiro atoms. The molecule has 3 nitrogen and oxygen atoms in total. The number of ether oxygens (including phenoxy) is 1. The number of nitrogens with one attached hydrogen (secondary N) is 1. The first-order valence-electron chi connectivity index (χ1n) is 5.26. The molecule has 0 saturated carbocycles. The van der Waals surface area contributed by atoms with E-state index in [0.29, 0.717) is 6.61 Å². The molecule has 0 radical (unpaired) electrons. The van der Waals surface area contributed by atoms with Crippen molar-refractivity contribution in [2.24, 2.45) is 0 Å². The van der Waals surface area contributed by atoms with Crippen LogP contribution in [0.4, 0.5) is 0 Å². The van der Waals surface area contributed by atoms with Crippen LogP contribution >= 0.6 is 0 Å². The van der Waals surface area contributed by atoms with Crippen LogP contribution in [0.1, 0.15) is 22.5 Å². The Bertz CT molecular complexity index is 541. The van der Waals surface area contributed by atoms with Gasteiger partial charge >= 0.3 is 0 Å². The van der Waals surface area contributed by atoms with E-state index in [-0.39, 0.29) is 0 Å². The fourth-order valence-corrected chi connectivity index (χ4v) is 1.98. The van der Waals surface area contributed by atoms with Crippen LogP contribution in [0.25, 0.3) is 5.57 Å². The van der Waals surface area contributed by atoms with Gasteiger partial charge in [0.25, 0.3) is 0 Å². The SMILES string of the molecule is Cc1ccc2c(c1)COC=C2c1ncc[nH]1. The Balaban J connectivity index is 2.14. The fourth-order valence-electron chi connectivity index (χ4n) is 1.98. The number of aryl methyl sites for hydroxylation is 1. The topological polar surface area (TPSA) is 37.9 Å². The Kier molecular flexibility index (Phi) is 2.03. The van der Waals surface area contributed by atoms with E-state index in [1.165, 1.54) is 16.7 Å². The molecular formula is C13H12N2O. The molecule has 0 unspecified atom stereocenters. The molecule has 2 aromatic rings. The lowest BCUT2D eigenvalue weighted by molar-refractivity contribution is 0.233. The Hall–Kier alpha value is -2.03. The predicted molar refractivity (Wildman–Crippen MR) is 61.6 cm³/mol. The summed E-state index contributed by atoms with van der Waals surface area (Å²) in [6.45, 7) is 2.73. The molecule has 0 aliphatic carbocycles. The van der Waals surface area contributed by atoms with Crippen LogP contribution in [0.5, 0.6) is 0 Å². The summed E-state index contributed by atoms with van der Waals surface area (Å²) in [6, 6.07) is 6.40. The molecule has 1 aromatic heterocycles. The molecule has 0 fully saturated rings. The molecule has 0 bridgehead atoms. The normalized spacial score (nSPS) is 13.9. The van der Waals surface area contributed by atoms with Crippen LogP contribution in [0.2, 0.25) is 0 Å². The van der Waals surface area contributed by atoms with E-state index in [1.807, 2.05) is 6.20 Å². The highest BCUT2D eigenvalue weighted by molar-refractivity contribution is 5.78. The Morgan fingerprint density at radius 3 is 3.12 bits per heavy atom. The predicted octanol–water partition coefficient (Wildman–Crippen LogP) is 2.64. The first-order chi connectivity index (χ1) is 7.84. The van der Waals surface area contributed by atoms with Gasteiger partial charge in [-0.05, 0) is 18.1 Å². The average Bonchev–Trinajstić information content (AvgIpc) is 2.81. The first kappa shape index (κ1) is 9.21. The zero-order chi connectivity index (χ0) is 11.0. The molecule has 1 N–H and O–H groups in total. The Morgan fingerprint density at radius 1 is 1.38 bits per heavy atom. The van der Waals surface area contributed by atoms with E-state index < -0.39 is 0 Å². The molecule has 1 aromatic carbocycles. The van der Waals surface area contributed by atoms with Gasteiger partial charge in [-0.2, -0.15) is 0 Å². The van der Waals surface area contributed by atoms with Crippen molar-refractivity contribution < 1.29 is 4.74 Å². The van der Waals surface area contributed by atoms with Crippen LogP contribution in [0.3, 0.4) is 0 Å². The summed E-state index contributed by atoms with van der Waals surface area (Å²) in [5.74, 6) is 0.852. The van der Waals surface area contributed by atoms with Crippen molar-refractivity contribution in [3.05, 3.63) is 59.4 Å². The number of H-pyrrole nitrogens is 1. The lowest BCUT2D eigenvalue weighted by Gasteiger charge is -2.17. The van der Waals surface area contributed by atoms with E-state index in [9.17, 15) is 0 Å².